The molecule has 2 aliphatic rings. The molecule has 1 saturated heterocycles. The number of nitrogens with zero attached hydrogens (tertiary/aromatic N) is 5. The number of aryl methyl sites for hydroxylation is 1. The molecule has 0 unspecified atom stereocenters. The summed E-state index contributed by atoms with van der Waals surface area (Å²) >= 11 is 0. The Morgan fingerprint density at radius 2 is 1.85 bits per heavy atom. The lowest BCUT2D eigenvalue weighted by atomic mass is 9.96. The molecule has 0 aliphatic carbocycles. The van der Waals surface area contributed by atoms with Crippen molar-refractivity contribution in [2.45, 2.75) is 51.0 Å². The molecule has 1 aromatic heterocycles. The number of piperidine rings is 1. The normalized spacial score (nSPS) is 20.3. The number of halogens is 2. The molecule has 5 nitrogen and oxygen atoms in total. The van der Waals surface area contributed by atoms with Gasteiger partial charge in [-0.2, -0.15) is 5.26 Å². The Bertz CT molecular complexity index is 831. The number of hydrogen-bond acceptors (Lipinski definition) is 4. The van der Waals surface area contributed by atoms with E-state index < -0.39 is 11.6 Å². The van der Waals surface area contributed by atoms with Crippen LogP contribution in [0, 0.1) is 23.0 Å². The molecule has 1 aromatic carbocycles. The molecule has 0 saturated carbocycles. The van der Waals surface area contributed by atoms with Crippen LogP contribution in [-0.4, -0.2) is 27.9 Å². The summed E-state index contributed by atoms with van der Waals surface area (Å²) in [5.41, 5.74) is -0.0376. The summed E-state index contributed by atoms with van der Waals surface area (Å²) in [6.45, 7) is 2.03. The molecule has 0 radical (unpaired) electrons. The summed E-state index contributed by atoms with van der Waals surface area (Å²) in [4.78, 5) is 1.75. The van der Waals surface area contributed by atoms with E-state index in [9.17, 15) is 8.78 Å². The standard InChI is InChI=1S/C19H21F2N5/c20-15-9-13(11-22)10-16(21)18(15)25-7-4-5-14(12-25)19-24-23-17-6-2-1-3-8-26(17)19/h9-10,14H,1-8,12H2/t14-/m0/s1. The van der Waals surface area contributed by atoms with E-state index in [2.05, 4.69) is 14.8 Å². The maximum absolute atomic E-state index is 14.4. The van der Waals surface area contributed by atoms with E-state index in [-0.39, 0.29) is 17.2 Å². The van der Waals surface area contributed by atoms with Crippen molar-refractivity contribution in [1.82, 2.24) is 14.8 Å². The van der Waals surface area contributed by atoms with Gasteiger partial charge < -0.3 is 9.47 Å². The quantitative estimate of drug-likeness (QED) is 0.825. The topological polar surface area (TPSA) is 57.7 Å². The lowest BCUT2D eigenvalue weighted by molar-refractivity contribution is 0.454. The van der Waals surface area contributed by atoms with Gasteiger partial charge >= 0.3 is 0 Å². The van der Waals surface area contributed by atoms with Crippen molar-refractivity contribution >= 4 is 5.69 Å². The van der Waals surface area contributed by atoms with Crippen molar-refractivity contribution in [3.05, 3.63) is 41.0 Å². The van der Waals surface area contributed by atoms with E-state index in [4.69, 9.17) is 5.26 Å². The zero-order valence-corrected chi connectivity index (χ0v) is 14.6. The van der Waals surface area contributed by atoms with Crippen LogP contribution in [0.15, 0.2) is 12.1 Å². The van der Waals surface area contributed by atoms with Gasteiger partial charge in [-0.25, -0.2) is 8.78 Å². The molecule has 3 heterocycles. The SMILES string of the molecule is N#Cc1cc(F)c(N2CCC[C@H](c3nnc4n3CCCCC4)C2)c(F)c1. The zero-order valence-electron chi connectivity index (χ0n) is 14.6. The summed E-state index contributed by atoms with van der Waals surface area (Å²) in [6.07, 6.45) is 6.17. The summed E-state index contributed by atoms with van der Waals surface area (Å²) < 4.78 is 31.0. The molecule has 7 heteroatoms. The summed E-state index contributed by atoms with van der Waals surface area (Å²) in [6, 6.07) is 3.99. The molecule has 1 atom stereocenters. The molecule has 2 aliphatic heterocycles. The van der Waals surface area contributed by atoms with E-state index in [0.717, 1.165) is 62.4 Å². The van der Waals surface area contributed by atoms with Gasteiger partial charge in [0.1, 0.15) is 17.3 Å². The fourth-order valence-corrected chi connectivity index (χ4v) is 4.13. The van der Waals surface area contributed by atoms with Crippen molar-refractivity contribution in [3.63, 3.8) is 0 Å². The van der Waals surface area contributed by atoms with Crippen LogP contribution < -0.4 is 4.90 Å². The van der Waals surface area contributed by atoms with Crippen LogP contribution in [0.2, 0.25) is 0 Å². The van der Waals surface area contributed by atoms with Gasteiger partial charge in [-0.15, -0.1) is 10.2 Å². The number of fused-ring (bicyclic) bond motifs is 1. The predicted molar refractivity (Wildman–Crippen MR) is 92.8 cm³/mol. The van der Waals surface area contributed by atoms with Gasteiger partial charge in [-0.1, -0.05) is 6.42 Å². The Balaban J connectivity index is 1.61. The van der Waals surface area contributed by atoms with E-state index in [1.54, 1.807) is 11.0 Å². The van der Waals surface area contributed by atoms with Crippen LogP contribution in [0.4, 0.5) is 14.5 Å². The Kier molecular flexibility index (Phi) is 4.58. The average Bonchev–Trinajstić information content (AvgIpc) is 2.90. The first-order chi connectivity index (χ1) is 12.7. The minimum atomic E-state index is -0.678. The molecule has 0 N–H and O–H groups in total. The Morgan fingerprint density at radius 1 is 1.04 bits per heavy atom. The maximum atomic E-state index is 14.4. The smallest absolute Gasteiger partial charge is 0.150 e. The maximum Gasteiger partial charge on any atom is 0.150 e. The fourth-order valence-electron chi connectivity index (χ4n) is 4.13. The van der Waals surface area contributed by atoms with Crippen LogP contribution in [0.5, 0.6) is 0 Å². The van der Waals surface area contributed by atoms with Crippen molar-refractivity contribution in [2.24, 2.45) is 0 Å². The molecular weight excluding hydrogens is 336 g/mol. The number of hydrogen-bond donors (Lipinski definition) is 0. The number of rotatable bonds is 2. The second-order valence-corrected chi connectivity index (χ2v) is 7.12. The van der Waals surface area contributed by atoms with Crippen molar-refractivity contribution in [1.29, 1.82) is 5.26 Å². The number of anilines is 1. The van der Waals surface area contributed by atoms with Crippen molar-refractivity contribution in [2.75, 3.05) is 18.0 Å². The third-order valence-electron chi connectivity index (χ3n) is 5.39. The minimum Gasteiger partial charge on any atom is -0.366 e. The highest BCUT2D eigenvalue weighted by atomic mass is 19.1. The molecule has 2 aromatic rings. The third kappa shape index (κ3) is 3.05. The van der Waals surface area contributed by atoms with Gasteiger partial charge in [-0.05, 0) is 37.8 Å². The molecule has 0 spiro atoms. The highest BCUT2D eigenvalue weighted by Gasteiger charge is 2.30. The minimum absolute atomic E-state index is 0.0000795. The highest BCUT2D eigenvalue weighted by Crippen LogP contribution is 2.33. The summed E-state index contributed by atoms with van der Waals surface area (Å²) in [7, 11) is 0. The van der Waals surface area contributed by atoms with E-state index >= 15 is 0 Å². The Morgan fingerprint density at radius 3 is 2.62 bits per heavy atom. The van der Waals surface area contributed by atoms with Crippen LogP contribution >= 0.6 is 0 Å². The largest absolute Gasteiger partial charge is 0.366 e. The Labute approximate surface area is 151 Å². The molecule has 1 fully saturated rings. The van der Waals surface area contributed by atoms with Crippen LogP contribution in [0.1, 0.15) is 55.2 Å². The van der Waals surface area contributed by atoms with E-state index in [0.29, 0.717) is 13.1 Å². The van der Waals surface area contributed by atoms with Gasteiger partial charge in [0.2, 0.25) is 0 Å². The van der Waals surface area contributed by atoms with Crippen molar-refractivity contribution in [3.8, 4) is 6.07 Å². The first kappa shape index (κ1) is 17.0. The van der Waals surface area contributed by atoms with Crippen LogP contribution in [-0.2, 0) is 13.0 Å². The predicted octanol–water partition coefficient (Wildman–Crippen LogP) is 3.54. The second kappa shape index (κ2) is 7.02. The lowest BCUT2D eigenvalue weighted by Gasteiger charge is -2.34. The molecule has 0 amide bonds. The Hall–Kier alpha value is -2.49. The zero-order chi connectivity index (χ0) is 18.1. The van der Waals surface area contributed by atoms with Gasteiger partial charge in [0.05, 0.1) is 11.6 Å². The van der Waals surface area contributed by atoms with Gasteiger partial charge in [0.15, 0.2) is 11.6 Å². The number of aromatic nitrogens is 3. The van der Waals surface area contributed by atoms with Crippen LogP contribution in [0.25, 0.3) is 0 Å². The molecule has 136 valence electrons. The van der Waals surface area contributed by atoms with Gasteiger partial charge in [0, 0.05) is 32.0 Å². The monoisotopic (exact) mass is 357 g/mol. The lowest BCUT2D eigenvalue weighted by Crippen LogP contribution is -2.36. The summed E-state index contributed by atoms with van der Waals surface area (Å²) in [5, 5.41) is 17.7. The second-order valence-electron chi connectivity index (χ2n) is 7.12. The first-order valence-electron chi connectivity index (χ1n) is 9.23. The average molecular weight is 357 g/mol. The number of nitriles is 1. The van der Waals surface area contributed by atoms with Gasteiger partial charge in [0.25, 0.3) is 0 Å². The fraction of sp³-hybridized carbons (Fsp3) is 0.526. The molecular formula is C19H21F2N5. The van der Waals surface area contributed by atoms with E-state index in [1.807, 2.05) is 0 Å². The summed E-state index contributed by atoms with van der Waals surface area (Å²) in [5.74, 6) is 0.730. The highest BCUT2D eigenvalue weighted by molar-refractivity contribution is 5.53. The van der Waals surface area contributed by atoms with E-state index in [1.165, 1.54) is 6.42 Å². The molecule has 26 heavy (non-hydrogen) atoms. The molecule has 4 rings (SSSR count). The van der Waals surface area contributed by atoms with Crippen LogP contribution in [0.3, 0.4) is 0 Å². The molecule has 0 bridgehead atoms. The van der Waals surface area contributed by atoms with Crippen molar-refractivity contribution < 1.29 is 8.78 Å². The first-order valence-corrected chi connectivity index (χ1v) is 9.23. The number of benzene rings is 1. The third-order valence-corrected chi connectivity index (χ3v) is 5.39. The van der Waals surface area contributed by atoms with Gasteiger partial charge in [-0.3, -0.25) is 0 Å².